The Labute approximate surface area is 106 Å². The molecule has 1 aromatic heterocycles. The molecule has 0 aliphatic heterocycles. The Kier molecular flexibility index (Phi) is 5.15. The highest BCUT2D eigenvalue weighted by atomic mass is 16.6. The number of ether oxygens (including phenoxy) is 3. The van der Waals surface area contributed by atoms with Crippen molar-refractivity contribution < 1.29 is 23.4 Å². The Balaban J connectivity index is 2.42. The molecule has 0 spiro atoms. The molecular weight excluding hydrogens is 238 g/mol. The first-order valence-corrected chi connectivity index (χ1v) is 5.79. The largest absolute Gasteiger partial charge is 0.461 e. The number of hydrogen-bond donors (Lipinski definition) is 0. The molecule has 1 aromatic rings. The molecule has 0 bridgehead atoms. The number of nitrogens with zero attached hydrogens (tertiary/aromatic N) is 1. The van der Waals surface area contributed by atoms with Crippen molar-refractivity contribution in [1.82, 2.24) is 4.98 Å². The van der Waals surface area contributed by atoms with E-state index in [-0.39, 0.29) is 17.4 Å². The van der Waals surface area contributed by atoms with Crippen LogP contribution >= 0.6 is 0 Å². The van der Waals surface area contributed by atoms with Crippen molar-refractivity contribution in [1.29, 1.82) is 0 Å². The predicted molar refractivity (Wildman–Crippen MR) is 63.7 cm³/mol. The molecule has 0 unspecified atom stereocenters. The fraction of sp³-hybridized carbons (Fsp3) is 0.667. The van der Waals surface area contributed by atoms with Gasteiger partial charge in [-0.3, -0.25) is 0 Å². The lowest BCUT2D eigenvalue weighted by atomic mass is 10.1. The smallest absolute Gasteiger partial charge is 0.394 e. The van der Waals surface area contributed by atoms with Crippen molar-refractivity contribution >= 4 is 5.97 Å². The van der Waals surface area contributed by atoms with E-state index in [0.717, 1.165) is 0 Å². The van der Waals surface area contributed by atoms with Crippen LogP contribution in [-0.4, -0.2) is 36.9 Å². The summed E-state index contributed by atoms with van der Waals surface area (Å²) in [6.45, 7) is 6.32. The maximum atomic E-state index is 11.3. The second-order valence-corrected chi connectivity index (χ2v) is 4.28. The minimum Gasteiger partial charge on any atom is -0.461 e. The number of carbonyl (C=O) groups is 1. The number of carbonyl (C=O) groups excluding carboxylic acids is 1. The second kappa shape index (κ2) is 6.39. The highest BCUT2D eigenvalue weighted by Crippen LogP contribution is 2.15. The molecule has 0 radical (unpaired) electrons. The molecule has 1 heterocycles. The van der Waals surface area contributed by atoms with Crippen molar-refractivity contribution in [3.8, 4) is 6.08 Å². The molecule has 0 saturated heterocycles. The van der Waals surface area contributed by atoms with Crippen LogP contribution in [0, 0.1) is 0 Å². The molecule has 1 rings (SSSR count). The SMILES string of the molecule is CCOC(=O)c1coc(OCCC(C)(C)OC)n1. The van der Waals surface area contributed by atoms with Crippen molar-refractivity contribution in [3.05, 3.63) is 12.0 Å². The van der Waals surface area contributed by atoms with Gasteiger partial charge in [-0.2, -0.15) is 4.98 Å². The summed E-state index contributed by atoms with van der Waals surface area (Å²) in [6, 6.07) is 0. The van der Waals surface area contributed by atoms with Gasteiger partial charge in [-0.05, 0) is 20.8 Å². The first kappa shape index (κ1) is 14.5. The number of oxazole rings is 1. The summed E-state index contributed by atoms with van der Waals surface area (Å²) in [5.41, 5.74) is -0.158. The number of methoxy groups -OCH3 is 1. The highest BCUT2D eigenvalue weighted by Gasteiger charge is 2.18. The van der Waals surface area contributed by atoms with Crippen LogP contribution in [0.3, 0.4) is 0 Å². The Morgan fingerprint density at radius 1 is 1.50 bits per heavy atom. The first-order chi connectivity index (χ1) is 8.48. The van der Waals surface area contributed by atoms with Crippen molar-refractivity contribution in [2.24, 2.45) is 0 Å². The van der Waals surface area contributed by atoms with Crippen LogP contribution in [-0.2, 0) is 9.47 Å². The van der Waals surface area contributed by atoms with E-state index in [2.05, 4.69) is 4.98 Å². The zero-order valence-corrected chi connectivity index (χ0v) is 11.2. The summed E-state index contributed by atoms with van der Waals surface area (Å²) in [4.78, 5) is 15.2. The molecule has 0 atom stereocenters. The average Bonchev–Trinajstić information content (AvgIpc) is 2.78. The third-order valence-electron chi connectivity index (χ3n) is 2.45. The van der Waals surface area contributed by atoms with Crippen LogP contribution in [0.1, 0.15) is 37.7 Å². The van der Waals surface area contributed by atoms with E-state index < -0.39 is 5.97 Å². The van der Waals surface area contributed by atoms with E-state index >= 15 is 0 Å². The molecule has 18 heavy (non-hydrogen) atoms. The first-order valence-electron chi connectivity index (χ1n) is 5.79. The van der Waals surface area contributed by atoms with E-state index in [4.69, 9.17) is 18.6 Å². The van der Waals surface area contributed by atoms with Crippen molar-refractivity contribution in [3.63, 3.8) is 0 Å². The standard InChI is InChI=1S/C12H19NO5/c1-5-16-10(14)9-8-18-11(13-9)17-7-6-12(2,3)15-4/h8H,5-7H2,1-4H3. The predicted octanol–water partition coefficient (Wildman–Crippen LogP) is 2.05. The molecule has 0 aromatic carbocycles. The summed E-state index contributed by atoms with van der Waals surface area (Å²) >= 11 is 0. The van der Waals surface area contributed by atoms with Gasteiger partial charge in [0.2, 0.25) is 0 Å². The molecule has 6 heteroatoms. The molecule has 0 amide bonds. The van der Waals surface area contributed by atoms with E-state index in [1.165, 1.54) is 6.26 Å². The van der Waals surface area contributed by atoms with Crippen LogP contribution in [0.2, 0.25) is 0 Å². The van der Waals surface area contributed by atoms with Gasteiger partial charge in [0, 0.05) is 13.5 Å². The van der Waals surface area contributed by atoms with Gasteiger partial charge in [-0.1, -0.05) is 0 Å². The van der Waals surface area contributed by atoms with Gasteiger partial charge in [0.25, 0.3) is 0 Å². The second-order valence-electron chi connectivity index (χ2n) is 4.28. The number of aromatic nitrogens is 1. The van der Waals surface area contributed by atoms with Crippen LogP contribution in [0.25, 0.3) is 0 Å². The van der Waals surface area contributed by atoms with Crippen LogP contribution in [0.4, 0.5) is 0 Å². The van der Waals surface area contributed by atoms with Gasteiger partial charge in [0.05, 0.1) is 18.8 Å². The summed E-state index contributed by atoms with van der Waals surface area (Å²) in [5.74, 6) is -0.520. The monoisotopic (exact) mass is 257 g/mol. The van der Waals surface area contributed by atoms with Gasteiger partial charge in [0.1, 0.15) is 6.26 Å². The summed E-state index contributed by atoms with van der Waals surface area (Å²) in [6.07, 6.45) is 1.96. The molecule has 102 valence electrons. The fourth-order valence-electron chi connectivity index (χ4n) is 1.11. The van der Waals surface area contributed by atoms with E-state index in [0.29, 0.717) is 19.6 Å². The van der Waals surface area contributed by atoms with Crippen LogP contribution in [0.5, 0.6) is 6.08 Å². The Hall–Kier alpha value is -1.56. The van der Waals surface area contributed by atoms with Gasteiger partial charge in [-0.25, -0.2) is 4.79 Å². The Bertz CT molecular complexity index is 386. The molecule has 0 N–H and O–H groups in total. The minimum absolute atomic E-state index is 0.0601. The summed E-state index contributed by atoms with van der Waals surface area (Å²) < 4.78 is 20.3. The molecule has 0 aliphatic rings. The van der Waals surface area contributed by atoms with Crippen LogP contribution < -0.4 is 4.74 Å². The molecule has 0 fully saturated rings. The maximum Gasteiger partial charge on any atom is 0.394 e. The quantitative estimate of drug-likeness (QED) is 0.696. The van der Waals surface area contributed by atoms with Gasteiger partial charge in [-0.15, -0.1) is 0 Å². The Morgan fingerprint density at radius 2 is 2.22 bits per heavy atom. The van der Waals surface area contributed by atoms with E-state index in [1.807, 2.05) is 13.8 Å². The van der Waals surface area contributed by atoms with E-state index in [1.54, 1.807) is 14.0 Å². The molecule has 0 aliphatic carbocycles. The van der Waals surface area contributed by atoms with E-state index in [9.17, 15) is 4.79 Å². The van der Waals surface area contributed by atoms with Crippen LogP contribution in [0.15, 0.2) is 10.7 Å². The molecular formula is C12H19NO5. The minimum atomic E-state index is -0.520. The van der Waals surface area contributed by atoms with Gasteiger partial charge < -0.3 is 18.6 Å². The lowest BCUT2D eigenvalue weighted by Gasteiger charge is -2.21. The van der Waals surface area contributed by atoms with Gasteiger partial charge >= 0.3 is 12.0 Å². The summed E-state index contributed by atoms with van der Waals surface area (Å²) in [5, 5.41) is 0. The zero-order chi connectivity index (χ0) is 13.6. The maximum absolute atomic E-state index is 11.3. The lowest BCUT2D eigenvalue weighted by molar-refractivity contribution is 0.00288. The highest BCUT2D eigenvalue weighted by molar-refractivity contribution is 5.86. The fourth-order valence-corrected chi connectivity index (χ4v) is 1.11. The third kappa shape index (κ3) is 4.37. The summed E-state index contributed by atoms with van der Waals surface area (Å²) in [7, 11) is 1.64. The number of hydrogen-bond acceptors (Lipinski definition) is 6. The lowest BCUT2D eigenvalue weighted by Crippen LogP contribution is -2.25. The topological polar surface area (TPSA) is 70.8 Å². The zero-order valence-electron chi connectivity index (χ0n) is 11.2. The third-order valence-corrected chi connectivity index (χ3v) is 2.45. The van der Waals surface area contributed by atoms with Crippen molar-refractivity contribution in [2.75, 3.05) is 20.3 Å². The average molecular weight is 257 g/mol. The number of rotatable bonds is 7. The van der Waals surface area contributed by atoms with Crippen molar-refractivity contribution in [2.45, 2.75) is 32.8 Å². The molecule has 6 nitrogen and oxygen atoms in total. The normalized spacial score (nSPS) is 11.3. The molecule has 0 saturated carbocycles. The Morgan fingerprint density at radius 3 is 2.83 bits per heavy atom. The number of esters is 1. The van der Waals surface area contributed by atoms with Gasteiger partial charge in [0.15, 0.2) is 5.69 Å².